The number of hydrogen-bond donors (Lipinski definition) is 1. The molecule has 84 valence electrons. The summed E-state index contributed by atoms with van der Waals surface area (Å²) in [5.41, 5.74) is 2.08. The van der Waals surface area contributed by atoms with Gasteiger partial charge in [0.2, 0.25) is 4.77 Å². The number of rotatable bonds is 2. The Morgan fingerprint density at radius 3 is 2.75 bits per heavy atom. The summed E-state index contributed by atoms with van der Waals surface area (Å²) in [5.74, 6) is 1.52. The van der Waals surface area contributed by atoms with Crippen molar-refractivity contribution < 1.29 is 4.74 Å². The van der Waals surface area contributed by atoms with E-state index >= 15 is 0 Å². The van der Waals surface area contributed by atoms with E-state index in [9.17, 15) is 0 Å². The Labute approximate surface area is 98.9 Å². The molecule has 0 unspecified atom stereocenters. The Balaban J connectivity index is 2.62. The van der Waals surface area contributed by atoms with Gasteiger partial charge in [0.25, 0.3) is 0 Å². The summed E-state index contributed by atoms with van der Waals surface area (Å²) in [6.07, 6.45) is 0. The molecule has 0 aliphatic carbocycles. The van der Waals surface area contributed by atoms with Crippen molar-refractivity contribution in [1.82, 2.24) is 14.8 Å². The number of aromatic nitrogens is 3. The number of benzene rings is 1. The summed E-state index contributed by atoms with van der Waals surface area (Å²) in [5, 5.41) is 3.08. The molecule has 0 spiro atoms. The minimum atomic E-state index is 0.526. The molecule has 0 aliphatic heterocycles. The molecular weight excluding hydrogens is 222 g/mol. The van der Waals surface area contributed by atoms with Gasteiger partial charge in [-0.15, -0.1) is 0 Å². The van der Waals surface area contributed by atoms with Crippen LogP contribution in [0.15, 0.2) is 18.2 Å². The van der Waals surface area contributed by atoms with Gasteiger partial charge in [-0.2, -0.15) is 4.98 Å². The van der Waals surface area contributed by atoms with Crippen molar-refractivity contribution in [1.29, 1.82) is 0 Å². The standard InChI is InChI=1S/C11H13N3OS/c1-7-4-5-9(15-3)8(6-7)10-12-11(16)14(2)13-10/h4-6H,1-3H3,(H,12,13,16). The molecule has 1 heterocycles. The van der Waals surface area contributed by atoms with Gasteiger partial charge < -0.3 is 4.74 Å². The summed E-state index contributed by atoms with van der Waals surface area (Å²) in [7, 11) is 3.48. The number of aromatic amines is 1. The summed E-state index contributed by atoms with van der Waals surface area (Å²) in [4.78, 5) is 4.27. The van der Waals surface area contributed by atoms with E-state index in [1.807, 2.05) is 32.2 Å². The van der Waals surface area contributed by atoms with Gasteiger partial charge in [-0.3, -0.25) is 9.78 Å². The van der Waals surface area contributed by atoms with Crippen molar-refractivity contribution in [2.24, 2.45) is 7.05 Å². The van der Waals surface area contributed by atoms with Crippen molar-refractivity contribution in [2.75, 3.05) is 7.11 Å². The topological polar surface area (TPSA) is 42.8 Å². The highest BCUT2D eigenvalue weighted by Gasteiger charge is 2.09. The predicted octanol–water partition coefficient (Wildman–Crippen LogP) is 2.46. The molecule has 0 amide bonds. The van der Waals surface area contributed by atoms with Crippen LogP contribution in [0.2, 0.25) is 0 Å². The van der Waals surface area contributed by atoms with E-state index in [0.29, 0.717) is 4.77 Å². The van der Waals surface area contributed by atoms with Gasteiger partial charge in [-0.25, -0.2) is 0 Å². The summed E-state index contributed by atoms with van der Waals surface area (Å²) in [6.45, 7) is 2.03. The van der Waals surface area contributed by atoms with Crippen molar-refractivity contribution in [2.45, 2.75) is 6.92 Å². The molecule has 0 aliphatic rings. The predicted molar refractivity (Wildman–Crippen MR) is 65.1 cm³/mol. The summed E-state index contributed by atoms with van der Waals surface area (Å²) < 4.78 is 7.53. The largest absolute Gasteiger partial charge is 0.496 e. The fraction of sp³-hybridized carbons (Fsp3) is 0.273. The van der Waals surface area contributed by atoms with E-state index < -0.39 is 0 Å². The monoisotopic (exact) mass is 235 g/mol. The lowest BCUT2D eigenvalue weighted by molar-refractivity contribution is 0.416. The first-order chi connectivity index (χ1) is 7.61. The molecule has 5 heteroatoms. The minimum Gasteiger partial charge on any atom is -0.496 e. The van der Waals surface area contributed by atoms with E-state index in [1.165, 1.54) is 0 Å². The molecular formula is C11H13N3OS. The van der Waals surface area contributed by atoms with Crippen LogP contribution >= 0.6 is 12.2 Å². The van der Waals surface area contributed by atoms with Crippen LogP contribution in [-0.4, -0.2) is 21.9 Å². The Hall–Kier alpha value is -1.62. The zero-order chi connectivity index (χ0) is 11.7. The molecule has 0 saturated heterocycles. The maximum absolute atomic E-state index is 5.30. The number of methoxy groups -OCH3 is 1. The molecule has 1 aromatic heterocycles. The lowest BCUT2D eigenvalue weighted by Gasteiger charge is -2.06. The lowest BCUT2D eigenvalue weighted by atomic mass is 10.1. The highest BCUT2D eigenvalue weighted by Crippen LogP contribution is 2.28. The molecule has 2 rings (SSSR count). The first-order valence-electron chi connectivity index (χ1n) is 4.90. The van der Waals surface area contributed by atoms with Crippen molar-refractivity contribution in [3.63, 3.8) is 0 Å². The Morgan fingerprint density at radius 2 is 2.19 bits per heavy atom. The Bertz CT molecular complexity index is 571. The van der Waals surface area contributed by atoms with Gasteiger partial charge in [0, 0.05) is 7.05 Å². The van der Waals surface area contributed by atoms with Crippen LogP contribution in [0.25, 0.3) is 11.4 Å². The zero-order valence-electron chi connectivity index (χ0n) is 9.44. The average molecular weight is 235 g/mol. The minimum absolute atomic E-state index is 0.526. The first-order valence-corrected chi connectivity index (χ1v) is 5.30. The lowest BCUT2D eigenvalue weighted by Crippen LogP contribution is -1.92. The molecule has 0 atom stereocenters. The normalized spacial score (nSPS) is 10.4. The van der Waals surface area contributed by atoms with Gasteiger partial charge in [0.1, 0.15) is 5.75 Å². The summed E-state index contributed by atoms with van der Waals surface area (Å²) in [6, 6.07) is 5.95. The number of H-pyrrole nitrogens is 1. The van der Waals surface area contributed by atoms with Gasteiger partial charge in [0.05, 0.1) is 12.7 Å². The van der Waals surface area contributed by atoms with Crippen LogP contribution in [-0.2, 0) is 7.05 Å². The fourth-order valence-electron chi connectivity index (χ4n) is 1.53. The van der Waals surface area contributed by atoms with E-state index in [4.69, 9.17) is 17.0 Å². The molecule has 2 aromatic rings. The van der Waals surface area contributed by atoms with E-state index in [1.54, 1.807) is 11.8 Å². The second kappa shape index (κ2) is 4.09. The third kappa shape index (κ3) is 1.86. The van der Waals surface area contributed by atoms with Crippen LogP contribution in [0.3, 0.4) is 0 Å². The van der Waals surface area contributed by atoms with Crippen molar-refractivity contribution >= 4 is 12.2 Å². The maximum Gasteiger partial charge on any atom is 0.216 e. The highest BCUT2D eigenvalue weighted by atomic mass is 32.1. The number of aryl methyl sites for hydroxylation is 2. The molecule has 1 N–H and O–H groups in total. The number of hydrogen-bond acceptors (Lipinski definition) is 3. The van der Waals surface area contributed by atoms with Crippen LogP contribution in [0, 0.1) is 11.7 Å². The van der Waals surface area contributed by atoms with Crippen LogP contribution in [0.4, 0.5) is 0 Å². The molecule has 1 aromatic carbocycles. The van der Waals surface area contributed by atoms with E-state index in [2.05, 4.69) is 10.1 Å². The SMILES string of the molecule is COc1ccc(C)cc1-c1nc(=S)n(C)[nH]1. The Kier molecular flexibility index (Phi) is 2.78. The van der Waals surface area contributed by atoms with Crippen molar-refractivity contribution in [3.8, 4) is 17.1 Å². The molecule has 0 radical (unpaired) electrons. The second-order valence-corrected chi connectivity index (χ2v) is 3.98. The molecule has 4 nitrogen and oxygen atoms in total. The third-order valence-corrected chi connectivity index (χ3v) is 2.74. The maximum atomic E-state index is 5.30. The van der Waals surface area contributed by atoms with E-state index in [-0.39, 0.29) is 0 Å². The molecule has 0 saturated carbocycles. The smallest absolute Gasteiger partial charge is 0.216 e. The first kappa shape index (κ1) is 10.9. The highest BCUT2D eigenvalue weighted by molar-refractivity contribution is 7.71. The fourth-order valence-corrected chi connectivity index (χ4v) is 1.67. The van der Waals surface area contributed by atoms with Gasteiger partial charge in [0.15, 0.2) is 5.82 Å². The second-order valence-electron chi connectivity index (χ2n) is 3.62. The molecule has 0 fully saturated rings. The van der Waals surface area contributed by atoms with Crippen LogP contribution in [0.1, 0.15) is 5.56 Å². The average Bonchev–Trinajstić information content (AvgIpc) is 2.59. The van der Waals surface area contributed by atoms with Crippen molar-refractivity contribution in [3.05, 3.63) is 28.5 Å². The van der Waals surface area contributed by atoms with Gasteiger partial charge in [-0.05, 0) is 31.3 Å². The molecule has 16 heavy (non-hydrogen) atoms. The summed E-state index contributed by atoms with van der Waals surface area (Å²) >= 11 is 5.07. The Morgan fingerprint density at radius 1 is 1.44 bits per heavy atom. The number of nitrogens with zero attached hydrogens (tertiary/aromatic N) is 2. The quantitative estimate of drug-likeness (QED) is 0.813. The van der Waals surface area contributed by atoms with Crippen LogP contribution in [0.5, 0.6) is 5.75 Å². The van der Waals surface area contributed by atoms with Gasteiger partial charge in [-0.1, -0.05) is 11.6 Å². The third-order valence-electron chi connectivity index (χ3n) is 2.38. The number of nitrogens with one attached hydrogen (secondary N) is 1. The van der Waals surface area contributed by atoms with Gasteiger partial charge >= 0.3 is 0 Å². The van der Waals surface area contributed by atoms with Crippen LogP contribution < -0.4 is 4.74 Å². The zero-order valence-corrected chi connectivity index (χ0v) is 10.3. The number of ether oxygens (including phenoxy) is 1. The van der Waals surface area contributed by atoms with E-state index in [0.717, 1.165) is 22.7 Å². The molecule has 0 bridgehead atoms.